The molecule has 0 fully saturated rings. The quantitative estimate of drug-likeness (QED) is 0.836. The number of nitrogens with zero attached hydrogens (tertiary/aromatic N) is 1. The van der Waals surface area contributed by atoms with Crippen LogP contribution < -0.4 is 4.90 Å². The van der Waals surface area contributed by atoms with Gasteiger partial charge in [-0.3, -0.25) is 9.00 Å². The first-order chi connectivity index (χ1) is 10.5. The van der Waals surface area contributed by atoms with Crippen molar-refractivity contribution >= 4 is 34.0 Å². The van der Waals surface area contributed by atoms with Gasteiger partial charge in [-0.25, -0.2) is 0 Å². The van der Waals surface area contributed by atoms with Gasteiger partial charge in [0.2, 0.25) is 5.91 Å². The molecular formula is C17H18ClNO2S. The Kier molecular flexibility index (Phi) is 5.75. The number of carbonyl (C=O) groups is 1. The minimum absolute atomic E-state index is 0.170. The smallest absolute Gasteiger partial charge is 0.242 e. The summed E-state index contributed by atoms with van der Waals surface area (Å²) in [6, 6.07) is 16.6. The number of hydrogen-bond donors (Lipinski definition) is 0. The summed E-state index contributed by atoms with van der Waals surface area (Å²) in [5, 5.41) is -0.0200. The molecule has 5 heteroatoms. The summed E-state index contributed by atoms with van der Waals surface area (Å²) >= 11 is 6.08. The lowest BCUT2D eigenvalue weighted by molar-refractivity contribution is -0.117. The third-order valence-corrected chi connectivity index (χ3v) is 5.43. The molecule has 116 valence electrons. The van der Waals surface area contributed by atoms with Crippen molar-refractivity contribution < 1.29 is 9.00 Å². The second-order valence-corrected chi connectivity index (χ2v) is 7.16. The second-order valence-electron chi connectivity index (χ2n) is 4.99. The fourth-order valence-corrected chi connectivity index (χ4v) is 3.53. The first-order valence-electron chi connectivity index (χ1n) is 6.94. The SMILES string of the molecule is C[C@@H](C(=O)N(C)c1ccccc1)[S@](=O)Cc1ccccc1Cl. The van der Waals surface area contributed by atoms with Gasteiger partial charge in [0, 0.05) is 28.6 Å². The molecular weight excluding hydrogens is 318 g/mol. The van der Waals surface area contributed by atoms with Crippen molar-refractivity contribution in [2.45, 2.75) is 17.9 Å². The van der Waals surface area contributed by atoms with E-state index in [1.165, 1.54) is 4.90 Å². The van der Waals surface area contributed by atoms with Crippen LogP contribution in [-0.2, 0) is 21.3 Å². The Morgan fingerprint density at radius 3 is 2.36 bits per heavy atom. The van der Waals surface area contributed by atoms with Crippen molar-refractivity contribution in [3.63, 3.8) is 0 Å². The number of hydrogen-bond acceptors (Lipinski definition) is 2. The third-order valence-electron chi connectivity index (χ3n) is 3.47. The maximum atomic E-state index is 12.5. The molecule has 2 rings (SSSR count). The summed E-state index contributed by atoms with van der Waals surface area (Å²) < 4.78 is 12.4. The Morgan fingerprint density at radius 1 is 1.14 bits per heavy atom. The fourth-order valence-electron chi connectivity index (χ4n) is 2.06. The molecule has 0 saturated heterocycles. The maximum absolute atomic E-state index is 12.5. The minimum atomic E-state index is -1.33. The van der Waals surface area contributed by atoms with Gasteiger partial charge in [-0.15, -0.1) is 0 Å². The van der Waals surface area contributed by atoms with Gasteiger partial charge in [0.1, 0.15) is 5.25 Å². The molecule has 2 aromatic carbocycles. The van der Waals surface area contributed by atoms with E-state index in [0.29, 0.717) is 5.02 Å². The molecule has 0 saturated carbocycles. The summed E-state index contributed by atoms with van der Waals surface area (Å²) in [6.07, 6.45) is 0. The summed E-state index contributed by atoms with van der Waals surface area (Å²) in [5.74, 6) is 0.103. The van der Waals surface area contributed by atoms with Crippen LogP contribution in [0, 0.1) is 0 Å². The van der Waals surface area contributed by atoms with E-state index in [9.17, 15) is 9.00 Å². The van der Waals surface area contributed by atoms with Crippen molar-refractivity contribution in [1.29, 1.82) is 0 Å². The van der Waals surface area contributed by atoms with E-state index in [1.54, 1.807) is 20.0 Å². The minimum Gasteiger partial charge on any atom is -0.314 e. The number of halogens is 1. The molecule has 0 aliphatic rings. The predicted octanol–water partition coefficient (Wildman–Crippen LogP) is 3.64. The molecule has 0 spiro atoms. The van der Waals surface area contributed by atoms with E-state index >= 15 is 0 Å². The lowest BCUT2D eigenvalue weighted by Gasteiger charge is -2.21. The Labute approximate surface area is 138 Å². The average Bonchev–Trinajstić information content (AvgIpc) is 2.55. The number of carbonyl (C=O) groups excluding carboxylic acids is 1. The number of para-hydroxylation sites is 1. The van der Waals surface area contributed by atoms with E-state index in [-0.39, 0.29) is 11.7 Å². The first-order valence-corrected chi connectivity index (χ1v) is 8.70. The highest BCUT2D eigenvalue weighted by atomic mass is 35.5. The van der Waals surface area contributed by atoms with Gasteiger partial charge in [-0.1, -0.05) is 48.0 Å². The van der Waals surface area contributed by atoms with Crippen LogP contribution in [0.2, 0.25) is 5.02 Å². The molecule has 2 atom stereocenters. The zero-order valence-electron chi connectivity index (χ0n) is 12.5. The number of rotatable bonds is 5. The van der Waals surface area contributed by atoms with E-state index in [2.05, 4.69) is 0 Å². The van der Waals surface area contributed by atoms with Gasteiger partial charge in [0.25, 0.3) is 0 Å². The highest BCUT2D eigenvalue weighted by Crippen LogP contribution is 2.19. The molecule has 1 amide bonds. The van der Waals surface area contributed by atoms with Crippen molar-refractivity contribution in [2.75, 3.05) is 11.9 Å². The second kappa shape index (κ2) is 7.56. The molecule has 0 heterocycles. The molecule has 2 aromatic rings. The Bertz CT molecular complexity index is 675. The van der Waals surface area contributed by atoms with Gasteiger partial charge in [-0.05, 0) is 30.7 Å². The topological polar surface area (TPSA) is 37.4 Å². The summed E-state index contributed by atoms with van der Waals surface area (Å²) in [4.78, 5) is 14.0. The van der Waals surface area contributed by atoms with Gasteiger partial charge in [-0.2, -0.15) is 0 Å². The van der Waals surface area contributed by atoms with Crippen LogP contribution >= 0.6 is 11.6 Å². The van der Waals surface area contributed by atoms with Crippen molar-refractivity contribution in [3.8, 4) is 0 Å². The Morgan fingerprint density at radius 2 is 1.73 bits per heavy atom. The number of benzene rings is 2. The van der Waals surface area contributed by atoms with E-state index in [4.69, 9.17) is 11.6 Å². The van der Waals surface area contributed by atoms with Crippen LogP contribution in [-0.4, -0.2) is 22.4 Å². The molecule has 0 N–H and O–H groups in total. The zero-order chi connectivity index (χ0) is 16.1. The Balaban J connectivity index is 2.07. The summed E-state index contributed by atoms with van der Waals surface area (Å²) in [6.45, 7) is 1.69. The van der Waals surface area contributed by atoms with E-state index in [0.717, 1.165) is 11.3 Å². The molecule has 0 unspecified atom stereocenters. The summed E-state index contributed by atoms with van der Waals surface area (Å²) in [5.41, 5.74) is 1.58. The third kappa shape index (κ3) is 3.96. The van der Waals surface area contributed by atoms with Gasteiger partial charge in [0.15, 0.2) is 0 Å². The lowest BCUT2D eigenvalue weighted by Crippen LogP contribution is -2.37. The molecule has 0 aromatic heterocycles. The highest BCUT2D eigenvalue weighted by Gasteiger charge is 2.24. The van der Waals surface area contributed by atoms with Gasteiger partial charge in [0.05, 0.1) is 5.75 Å². The summed E-state index contributed by atoms with van der Waals surface area (Å²) in [7, 11) is 0.369. The fraction of sp³-hybridized carbons (Fsp3) is 0.235. The van der Waals surface area contributed by atoms with Crippen LogP contribution in [0.1, 0.15) is 12.5 Å². The Hall–Kier alpha value is -1.65. The first kappa shape index (κ1) is 16.7. The average molecular weight is 336 g/mol. The zero-order valence-corrected chi connectivity index (χ0v) is 14.1. The molecule has 0 bridgehead atoms. The van der Waals surface area contributed by atoms with Crippen LogP contribution in [0.3, 0.4) is 0 Å². The molecule has 0 aliphatic carbocycles. The number of amides is 1. The molecule has 0 aliphatic heterocycles. The monoisotopic (exact) mass is 335 g/mol. The van der Waals surface area contributed by atoms with E-state index in [1.807, 2.05) is 48.5 Å². The van der Waals surface area contributed by atoms with E-state index < -0.39 is 16.0 Å². The predicted molar refractivity (Wildman–Crippen MR) is 92.6 cm³/mol. The molecule has 0 radical (unpaired) electrons. The molecule has 3 nitrogen and oxygen atoms in total. The highest BCUT2D eigenvalue weighted by molar-refractivity contribution is 7.85. The van der Waals surface area contributed by atoms with Crippen LogP contribution in [0.5, 0.6) is 0 Å². The lowest BCUT2D eigenvalue weighted by atomic mass is 10.2. The van der Waals surface area contributed by atoms with Crippen molar-refractivity contribution in [2.24, 2.45) is 0 Å². The largest absolute Gasteiger partial charge is 0.314 e. The standard InChI is InChI=1S/C17H18ClNO2S/c1-13(17(20)19(2)15-9-4-3-5-10-15)22(21)12-14-8-6-7-11-16(14)18/h3-11,13H,12H2,1-2H3/t13-,22+/m0/s1. The van der Waals surface area contributed by atoms with Crippen molar-refractivity contribution in [3.05, 3.63) is 65.2 Å². The van der Waals surface area contributed by atoms with Gasteiger partial charge >= 0.3 is 0 Å². The normalized spacial score (nSPS) is 13.4. The molecule has 22 heavy (non-hydrogen) atoms. The maximum Gasteiger partial charge on any atom is 0.242 e. The van der Waals surface area contributed by atoms with Crippen molar-refractivity contribution in [1.82, 2.24) is 0 Å². The number of anilines is 1. The van der Waals surface area contributed by atoms with Crippen LogP contribution in [0.4, 0.5) is 5.69 Å². The van der Waals surface area contributed by atoms with Crippen LogP contribution in [0.25, 0.3) is 0 Å². The van der Waals surface area contributed by atoms with Gasteiger partial charge < -0.3 is 4.90 Å². The van der Waals surface area contributed by atoms with Crippen LogP contribution in [0.15, 0.2) is 54.6 Å².